The molecule has 2 aromatic rings. The standard InChI is InChI=1S/C17H23N3O4/c1-6-11(2)20-15(7-8-18-20)19-17(21)12-9-13(22-3)16(24-5)14(10-12)23-4/h7-11H,6H2,1-5H3,(H,19,21)/t11-/m0/s1. The molecule has 0 radical (unpaired) electrons. The largest absolute Gasteiger partial charge is 0.493 e. The van der Waals surface area contributed by atoms with E-state index in [1.807, 2.05) is 6.92 Å². The molecular weight excluding hydrogens is 310 g/mol. The van der Waals surface area contributed by atoms with Crippen LogP contribution in [-0.2, 0) is 0 Å². The molecule has 1 aromatic heterocycles. The highest BCUT2D eigenvalue weighted by atomic mass is 16.5. The molecule has 0 saturated carbocycles. The van der Waals surface area contributed by atoms with Crippen molar-refractivity contribution in [3.05, 3.63) is 30.0 Å². The van der Waals surface area contributed by atoms with E-state index >= 15 is 0 Å². The van der Waals surface area contributed by atoms with E-state index in [0.29, 0.717) is 28.6 Å². The van der Waals surface area contributed by atoms with Gasteiger partial charge in [-0.05, 0) is 25.5 Å². The molecule has 1 aromatic carbocycles. The summed E-state index contributed by atoms with van der Waals surface area (Å²) in [6.45, 7) is 4.11. The fourth-order valence-corrected chi connectivity index (χ4v) is 2.34. The summed E-state index contributed by atoms with van der Waals surface area (Å²) in [5.74, 6) is 1.67. The van der Waals surface area contributed by atoms with Gasteiger partial charge in [-0.15, -0.1) is 0 Å². The third kappa shape index (κ3) is 3.45. The Morgan fingerprint density at radius 3 is 2.33 bits per heavy atom. The van der Waals surface area contributed by atoms with E-state index < -0.39 is 0 Å². The number of anilines is 1. The van der Waals surface area contributed by atoms with E-state index in [2.05, 4.69) is 17.3 Å². The molecule has 1 heterocycles. The molecule has 7 heteroatoms. The summed E-state index contributed by atoms with van der Waals surface area (Å²) in [6, 6.07) is 5.18. The third-order valence-corrected chi connectivity index (χ3v) is 3.85. The second-order valence-electron chi connectivity index (χ2n) is 5.29. The van der Waals surface area contributed by atoms with Gasteiger partial charge in [-0.1, -0.05) is 6.92 Å². The van der Waals surface area contributed by atoms with Crippen LogP contribution in [0.3, 0.4) is 0 Å². The van der Waals surface area contributed by atoms with Crippen molar-refractivity contribution in [1.82, 2.24) is 9.78 Å². The van der Waals surface area contributed by atoms with Crippen LogP contribution in [0.1, 0.15) is 36.7 Å². The van der Waals surface area contributed by atoms with Gasteiger partial charge in [0.1, 0.15) is 5.82 Å². The zero-order valence-corrected chi connectivity index (χ0v) is 14.6. The molecule has 0 spiro atoms. The Hall–Kier alpha value is -2.70. The van der Waals surface area contributed by atoms with E-state index in [1.165, 1.54) is 21.3 Å². The number of amides is 1. The second-order valence-corrected chi connectivity index (χ2v) is 5.29. The van der Waals surface area contributed by atoms with Crippen LogP contribution < -0.4 is 19.5 Å². The van der Waals surface area contributed by atoms with Crippen molar-refractivity contribution in [1.29, 1.82) is 0 Å². The zero-order chi connectivity index (χ0) is 17.7. The summed E-state index contributed by atoms with van der Waals surface area (Å²) in [4.78, 5) is 12.6. The van der Waals surface area contributed by atoms with Gasteiger partial charge in [0, 0.05) is 11.6 Å². The first kappa shape index (κ1) is 17.7. The van der Waals surface area contributed by atoms with Crippen LogP contribution in [0, 0.1) is 0 Å². The van der Waals surface area contributed by atoms with E-state index in [1.54, 1.807) is 29.1 Å². The molecule has 24 heavy (non-hydrogen) atoms. The molecule has 1 N–H and O–H groups in total. The number of ether oxygens (including phenoxy) is 3. The van der Waals surface area contributed by atoms with E-state index in [-0.39, 0.29) is 11.9 Å². The topological polar surface area (TPSA) is 74.6 Å². The van der Waals surface area contributed by atoms with E-state index in [0.717, 1.165) is 6.42 Å². The lowest BCUT2D eigenvalue weighted by Gasteiger charge is -2.16. The van der Waals surface area contributed by atoms with Crippen LogP contribution in [0.2, 0.25) is 0 Å². The van der Waals surface area contributed by atoms with Crippen molar-refractivity contribution >= 4 is 11.7 Å². The Kier molecular flexibility index (Phi) is 5.68. The molecule has 0 aliphatic carbocycles. The first-order chi connectivity index (χ1) is 11.5. The molecule has 0 unspecified atom stereocenters. The molecule has 1 amide bonds. The number of rotatable bonds is 7. The normalized spacial score (nSPS) is 11.7. The minimum atomic E-state index is -0.278. The zero-order valence-electron chi connectivity index (χ0n) is 14.6. The number of hydrogen-bond acceptors (Lipinski definition) is 5. The van der Waals surface area contributed by atoms with E-state index in [4.69, 9.17) is 14.2 Å². The number of benzene rings is 1. The quantitative estimate of drug-likeness (QED) is 0.842. The molecule has 7 nitrogen and oxygen atoms in total. The van der Waals surface area contributed by atoms with Crippen molar-refractivity contribution in [2.45, 2.75) is 26.3 Å². The number of nitrogens with zero attached hydrogens (tertiary/aromatic N) is 2. The van der Waals surface area contributed by atoms with Crippen molar-refractivity contribution in [3.63, 3.8) is 0 Å². The Balaban J connectivity index is 2.32. The molecule has 0 fully saturated rings. The highest BCUT2D eigenvalue weighted by Crippen LogP contribution is 2.38. The SMILES string of the molecule is CC[C@H](C)n1nccc1NC(=O)c1cc(OC)c(OC)c(OC)c1. The maximum Gasteiger partial charge on any atom is 0.257 e. The number of hydrogen-bond donors (Lipinski definition) is 1. The average molecular weight is 333 g/mol. The van der Waals surface area contributed by atoms with Crippen LogP contribution in [0.25, 0.3) is 0 Å². The van der Waals surface area contributed by atoms with Gasteiger partial charge in [0.15, 0.2) is 11.5 Å². The fourth-order valence-electron chi connectivity index (χ4n) is 2.34. The number of aromatic nitrogens is 2. The smallest absolute Gasteiger partial charge is 0.257 e. The lowest BCUT2D eigenvalue weighted by atomic mass is 10.1. The molecule has 0 aliphatic rings. The lowest BCUT2D eigenvalue weighted by Crippen LogP contribution is -2.17. The van der Waals surface area contributed by atoms with Gasteiger partial charge in [0.25, 0.3) is 5.91 Å². The van der Waals surface area contributed by atoms with E-state index in [9.17, 15) is 4.79 Å². The van der Waals surface area contributed by atoms with Gasteiger partial charge in [0.2, 0.25) is 5.75 Å². The Morgan fingerprint density at radius 2 is 1.83 bits per heavy atom. The summed E-state index contributed by atoms with van der Waals surface area (Å²) >= 11 is 0. The summed E-state index contributed by atoms with van der Waals surface area (Å²) in [5, 5.41) is 7.13. The monoisotopic (exact) mass is 333 g/mol. The van der Waals surface area contributed by atoms with Crippen LogP contribution in [0.15, 0.2) is 24.4 Å². The minimum Gasteiger partial charge on any atom is -0.493 e. The van der Waals surface area contributed by atoms with Gasteiger partial charge < -0.3 is 19.5 Å². The minimum absolute atomic E-state index is 0.190. The highest BCUT2D eigenvalue weighted by molar-refractivity contribution is 6.04. The summed E-state index contributed by atoms with van der Waals surface area (Å²) in [5.41, 5.74) is 0.404. The number of methoxy groups -OCH3 is 3. The van der Waals surface area contributed by atoms with Crippen molar-refractivity contribution in [2.75, 3.05) is 26.6 Å². The van der Waals surface area contributed by atoms with Crippen LogP contribution in [-0.4, -0.2) is 37.0 Å². The van der Waals surface area contributed by atoms with Crippen molar-refractivity contribution in [3.8, 4) is 17.2 Å². The molecule has 1 atom stereocenters. The molecule has 2 rings (SSSR count). The fraction of sp³-hybridized carbons (Fsp3) is 0.412. The Bertz CT molecular complexity index is 687. The van der Waals surface area contributed by atoms with Crippen LogP contribution in [0.5, 0.6) is 17.2 Å². The lowest BCUT2D eigenvalue weighted by molar-refractivity contribution is 0.102. The first-order valence-electron chi connectivity index (χ1n) is 7.70. The Morgan fingerprint density at radius 1 is 1.21 bits per heavy atom. The highest BCUT2D eigenvalue weighted by Gasteiger charge is 2.18. The maximum atomic E-state index is 12.6. The predicted octanol–water partition coefficient (Wildman–Crippen LogP) is 3.13. The molecule has 130 valence electrons. The molecule has 0 saturated heterocycles. The molecular formula is C17H23N3O4. The van der Waals surface area contributed by atoms with Gasteiger partial charge in [0.05, 0.1) is 33.6 Å². The average Bonchev–Trinajstić information content (AvgIpc) is 3.07. The van der Waals surface area contributed by atoms with Gasteiger partial charge in [-0.3, -0.25) is 4.79 Å². The van der Waals surface area contributed by atoms with Gasteiger partial charge in [-0.25, -0.2) is 4.68 Å². The first-order valence-corrected chi connectivity index (χ1v) is 7.70. The van der Waals surface area contributed by atoms with Gasteiger partial charge in [-0.2, -0.15) is 5.10 Å². The number of carbonyl (C=O) groups is 1. The number of carbonyl (C=O) groups excluding carboxylic acids is 1. The summed E-state index contributed by atoms with van der Waals surface area (Å²) in [7, 11) is 4.54. The van der Waals surface area contributed by atoms with Crippen LogP contribution >= 0.6 is 0 Å². The number of nitrogens with one attached hydrogen (secondary N) is 1. The second kappa shape index (κ2) is 7.72. The van der Waals surface area contributed by atoms with Gasteiger partial charge >= 0.3 is 0 Å². The third-order valence-electron chi connectivity index (χ3n) is 3.85. The van der Waals surface area contributed by atoms with Crippen LogP contribution in [0.4, 0.5) is 5.82 Å². The maximum absolute atomic E-state index is 12.6. The Labute approximate surface area is 141 Å². The van der Waals surface area contributed by atoms with Crippen molar-refractivity contribution < 1.29 is 19.0 Å². The van der Waals surface area contributed by atoms with Crippen molar-refractivity contribution in [2.24, 2.45) is 0 Å². The summed E-state index contributed by atoms with van der Waals surface area (Å²) in [6.07, 6.45) is 2.58. The molecule has 0 aliphatic heterocycles. The molecule has 0 bridgehead atoms. The predicted molar refractivity (Wildman–Crippen MR) is 91.3 cm³/mol. The summed E-state index contributed by atoms with van der Waals surface area (Å²) < 4.78 is 17.6.